The van der Waals surface area contributed by atoms with Crippen LogP contribution in [0.1, 0.15) is 52.9 Å². The predicted molar refractivity (Wildman–Crippen MR) is 69.1 cm³/mol. The second kappa shape index (κ2) is 3.52. The summed E-state index contributed by atoms with van der Waals surface area (Å²) in [6.45, 7) is 12.9. The van der Waals surface area contributed by atoms with Crippen molar-refractivity contribution in [3.8, 4) is 0 Å². The number of hydrogen-bond donors (Lipinski definition) is 1. The van der Waals surface area contributed by atoms with Crippen molar-refractivity contribution in [3.63, 3.8) is 0 Å². The van der Waals surface area contributed by atoms with Crippen LogP contribution in [0.25, 0.3) is 11.0 Å². The summed E-state index contributed by atoms with van der Waals surface area (Å²) in [5, 5.41) is 7.52. The van der Waals surface area contributed by atoms with Crippen LogP contribution in [0.15, 0.2) is 6.33 Å². The van der Waals surface area contributed by atoms with E-state index in [1.807, 2.05) is 0 Å². The van der Waals surface area contributed by atoms with Gasteiger partial charge in [-0.1, -0.05) is 41.5 Å². The average molecular weight is 232 g/mol. The number of aromatic nitrogens is 4. The number of nitrogens with one attached hydrogen (secondary N) is 1. The molecule has 0 aliphatic carbocycles. The van der Waals surface area contributed by atoms with Crippen molar-refractivity contribution in [1.29, 1.82) is 0 Å². The summed E-state index contributed by atoms with van der Waals surface area (Å²) in [5.41, 5.74) is 3.89. The molecule has 0 radical (unpaired) electrons. The molecule has 4 nitrogen and oxygen atoms in total. The van der Waals surface area contributed by atoms with E-state index in [0.717, 1.165) is 22.4 Å². The first-order valence-corrected chi connectivity index (χ1v) is 5.91. The fraction of sp³-hybridized carbons (Fsp3) is 0.615. The highest BCUT2D eigenvalue weighted by molar-refractivity contribution is 5.80. The van der Waals surface area contributed by atoms with Crippen LogP contribution < -0.4 is 0 Å². The summed E-state index contributed by atoms with van der Waals surface area (Å²) in [7, 11) is 0. The molecule has 4 heteroatoms. The fourth-order valence-electron chi connectivity index (χ4n) is 1.90. The number of aromatic amines is 1. The molecular weight excluding hydrogens is 212 g/mol. The zero-order valence-electron chi connectivity index (χ0n) is 11.4. The van der Waals surface area contributed by atoms with Gasteiger partial charge in [0.1, 0.15) is 17.4 Å². The molecule has 0 saturated carbocycles. The van der Waals surface area contributed by atoms with Gasteiger partial charge in [0.15, 0.2) is 0 Å². The minimum atomic E-state index is -0.0223. The molecule has 0 aliphatic heterocycles. The summed E-state index contributed by atoms with van der Waals surface area (Å²) in [6.07, 6.45) is 1.63. The zero-order chi connectivity index (χ0) is 12.8. The van der Waals surface area contributed by atoms with E-state index < -0.39 is 0 Å². The van der Waals surface area contributed by atoms with E-state index in [0.29, 0.717) is 0 Å². The predicted octanol–water partition coefficient (Wildman–Crippen LogP) is 2.95. The van der Waals surface area contributed by atoms with Gasteiger partial charge in [0.25, 0.3) is 0 Å². The maximum Gasteiger partial charge on any atom is 0.133 e. The molecular formula is C13H20N4. The highest BCUT2D eigenvalue weighted by Gasteiger charge is 2.26. The number of H-pyrrole nitrogens is 1. The van der Waals surface area contributed by atoms with E-state index in [1.54, 1.807) is 6.33 Å². The summed E-state index contributed by atoms with van der Waals surface area (Å²) in [6, 6.07) is 0. The molecule has 92 valence electrons. The molecule has 0 amide bonds. The Morgan fingerprint density at radius 2 is 1.53 bits per heavy atom. The Bertz CT molecular complexity index is 541. The lowest BCUT2D eigenvalue weighted by Gasteiger charge is -2.18. The quantitative estimate of drug-likeness (QED) is 0.759. The Labute approximate surface area is 102 Å². The molecule has 2 heterocycles. The molecule has 0 aromatic carbocycles. The summed E-state index contributed by atoms with van der Waals surface area (Å²) >= 11 is 0. The molecule has 0 fully saturated rings. The molecule has 1 N–H and O–H groups in total. The van der Waals surface area contributed by atoms with Crippen molar-refractivity contribution in [2.75, 3.05) is 0 Å². The van der Waals surface area contributed by atoms with E-state index in [9.17, 15) is 0 Å². The third-order valence-electron chi connectivity index (χ3n) is 2.80. The Balaban J connectivity index is 2.74. The molecule has 0 atom stereocenters. The Hall–Kier alpha value is -1.45. The SMILES string of the molecule is CC(C)(C)c1ncnc2c(C(C)(C)C)[nH]nc12. The first-order valence-electron chi connectivity index (χ1n) is 5.91. The topological polar surface area (TPSA) is 54.5 Å². The highest BCUT2D eigenvalue weighted by atomic mass is 15.1. The van der Waals surface area contributed by atoms with Crippen molar-refractivity contribution in [3.05, 3.63) is 17.7 Å². The van der Waals surface area contributed by atoms with Crippen molar-refractivity contribution in [2.24, 2.45) is 0 Å². The van der Waals surface area contributed by atoms with Gasteiger partial charge >= 0.3 is 0 Å². The molecule has 0 unspecified atom stereocenters. The molecule has 0 saturated heterocycles. The largest absolute Gasteiger partial charge is 0.279 e. The Morgan fingerprint density at radius 1 is 0.882 bits per heavy atom. The van der Waals surface area contributed by atoms with Gasteiger partial charge in [-0.25, -0.2) is 9.97 Å². The van der Waals surface area contributed by atoms with E-state index >= 15 is 0 Å². The molecule has 0 spiro atoms. The lowest BCUT2D eigenvalue weighted by Crippen LogP contribution is -2.15. The van der Waals surface area contributed by atoms with Crippen LogP contribution in [0, 0.1) is 0 Å². The molecule has 2 rings (SSSR count). The van der Waals surface area contributed by atoms with Gasteiger partial charge in [-0.3, -0.25) is 5.10 Å². The van der Waals surface area contributed by atoms with Gasteiger partial charge in [0.2, 0.25) is 0 Å². The van der Waals surface area contributed by atoms with E-state index in [-0.39, 0.29) is 10.8 Å². The van der Waals surface area contributed by atoms with Crippen molar-refractivity contribution < 1.29 is 0 Å². The van der Waals surface area contributed by atoms with E-state index in [2.05, 4.69) is 61.7 Å². The second-order valence-electron chi connectivity index (χ2n) is 6.52. The van der Waals surface area contributed by atoms with Crippen LogP contribution in [0.3, 0.4) is 0 Å². The van der Waals surface area contributed by atoms with Crippen LogP contribution >= 0.6 is 0 Å². The third-order valence-corrected chi connectivity index (χ3v) is 2.80. The standard InChI is InChI=1S/C13H20N4/c1-12(2,3)10-9-8(14-7-15-10)11(17-16-9)13(4,5)6/h7H,1-6H3,(H,16,17). The number of nitrogens with zero attached hydrogens (tertiary/aromatic N) is 3. The Kier molecular flexibility index (Phi) is 2.49. The van der Waals surface area contributed by atoms with Gasteiger partial charge in [-0.2, -0.15) is 5.10 Å². The first kappa shape index (κ1) is 12.0. The van der Waals surface area contributed by atoms with E-state index in [1.165, 1.54) is 0 Å². The highest BCUT2D eigenvalue weighted by Crippen LogP contribution is 2.31. The van der Waals surface area contributed by atoms with E-state index in [4.69, 9.17) is 0 Å². The zero-order valence-corrected chi connectivity index (χ0v) is 11.4. The fourth-order valence-corrected chi connectivity index (χ4v) is 1.90. The normalized spacial score (nSPS) is 13.3. The molecule has 2 aromatic rings. The summed E-state index contributed by atoms with van der Waals surface area (Å²) in [4.78, 5) is 8.76. The van der Waals surface area contributed by atoms with Crippen LogP contribution in [0.4, 0.5) is 0 Å². The maximum absolute atomic E-state index is 4.40. The second-order valence-corrected chi connectivity index (χ2v) is 6.52. The smallest absolute Gasteiger partial charge is 0.133 e. The number of hydrogen-bond acceptors (Lipinski definition) is 3. The van der Waals surface area contributed by atoms with Crippen molar-refractivity contribution in [1.82, 2.24) is 20.2 Å². The summed E-state index contributed by atoms with van der Waals surface area (Å²) < 4.78 is 0. The van der Waals surface area contributed by atoms with Gasteiger partial charge in [0, 0.05) is 10.8 Å². The number of rotatable bonds is 0. The molecule has 0 aliphatic rings. The lowest BCUT2D eigenvalue weighted by molar-refractivity contribution is 0.570. The van der Waals surface area contributed by atoms with Crippen LogP contribution in [0.5, 0.6) is 0 Å². The third kappa shape index (κ3) is 2.04. The number of fused-ring (bicyclic) bond motifs is 1. The van der Waals surface area contributed by atoms with Gasteiger partial charge in [-0.15, -0.1) is 0 Å². The van der Waals surface area contributed by atoms with Crippen LogP contribution in [-0.2, 0) is 10.8 Å². The van der Waals surface area contributed by atoms with Gasteiger partial charge < -0.3 is 0 Å². The van der Waals surface area contributed by atoms with Crippen LogP contribution in [-0.4, -0.2) is 20.2 Å². The average Bonchev–Trinajstić information content (AvgIpc) is 2.57. The van der Waals surface area contributed by atoms with Gasteiger partial charge in [-0.05, 0) is 0 Å². The molecule has 17 heavy (non-hydrogen) atoms. The minimum absolute atomic E-state index is 0.0122. The van der Waals surface area contributed by atoms with Crippen molar-refractivity contribution in [2.45, 2.75) is 52.4 Å². The monoisotopic (exact) mass is 232 g/mol. The summed E-state index contributed by atoms with van der Waals surface area (Å²) in [5.74, 6) is 0. The van der Waals surface area contributed by atoms with Crippen LogP contribution in [0.2, 0.25) is 0 Å². The Morgan fingerprint density at radius 3 is 2.06 bits per heavy atom. The first-order chi connectivity index (χ1) is 7.71. The molecule has 0 bridgehead atoms. The van der Waals surface area contributed by atoms with Gasteiger partial charge in [0.05, 0.1) is 11.4 Å². The minimum Gasteiger partial charge on any atom is -0.279 e. The molecule has 2 aromatic heterocycles. The lowest BCUT2D eigenvalue weighted by atomic mass is 9.88. The maximum atomic E-state index is 4.40. The van der Waals surface area contributed by atoms with Crippen molar-refractivity contribution >= 4 is 11.0 Å².